The van der Waals surface area contributed by atoms with Gasteiger partial charge in [-0.3, -0.25) is 10.1 Å². The maximum Gasteiger partial charge on any atom is 0.416 e. The Labute approximate surface area is 217 Å². The summed E-state index contributed by atoms with van der Waals surface area (Å²) in [6.45, 7) is 2.71. The van der Waals surface area contributed by atoms with Crippen LogP contribution in [0.3, 0.4) is 0 Å². The lowest BCUT2D eigenvalue weighted by atomic mass is 9.81. The van der Waals surface area contributed by atoms with Gasteiger partial charge in [0.25, 0.3) is 5.91 Å². The van der Waals surface area contributed by atoms with Crippen LogP contribution in [0.4, 0.5) is 31.5 Å². The number of aromatic nitrogens is 2. The Morgan fingerprint density at radius 3 is 2.47 bits per heavy atom. The molecule has 0 bridgehead atoms. The summed E-state index contributed by atoms with van der Waals surface area (Å²) in [6.07, 6.45) is -5.38. The van der Waals surface area contributed by atoms with Crippen molar-refractivity contribution in [1.82, 2.24) is 10.2 Å². The van der Waals surface area contributed by atoms with Crippen LogP contribution in [-0.4, -0.2) is 23.2 Å². The van der Waals surface area contributed by atoms with Gasteiger partial charge in [-0.15, -0.1) is 10.2 Å². The van der Waals surface area contributed by atoms with Gasteiger partial charge in [0, 0.05) is 11.0 Å². The number of hydrogen-bond acceptors (Lipinski definition) is 7. The normalized spacial score (nSPS) is 18.3. The van der Waals surface area contributed by atoms with E-state index in [4.69, 9.17) is 9.47 Å². The number of anilines is 1. The molecule has 1 aliphatic rings. The Kier molecular flexibility index (Phi) is 8.21. The zero-order valence-corrected chi connectivity index (χ0v) is 20.9. The van der Waals surface area contributed by atoms with Gasteiger partial charge in [0.05, 0.1) is 18.2 Å². The van der Waals surface area contributed by atoms with Crippen molar-refractivity contribution in [3.8, 4) is 6.07 Å². The molecule has 0 saturated heterocycles. The highest BCUT2D eigenvalue weighted by molar-refractivity contribution is 7.15. The smallest absolute Gasteiger partial charge is 0.416 e. The van der Waals surface area contributed by atoms with Gasteiger partial charge in [-0.05, 0) is 37.6 Å². The third-order valence-corrected chi connectivity index (χ3v) is 6.12. The molecule has 3 rings (SSSR count). The molecule has 14 heteroatoms. The van der Waals surface area contributed by atoms with Crippen LogP contribution in [0.5, 0.6) is 0 Å². The number of ether oxygens (including phenoxy) is 2. The minimum absolute atomic E-state index is 0.0421. The number of carbonyl (C=O) groups excluding carboxylic acids is 1. The lowest BCUT2D eigenvalue weighted by molar-refractivity contribution is -0.143. The van der Waals surface area contributed by atoms with E-state index in [-0.39, 0.29) is 34.7 Å². The van der Waals surface area contributed by atoms with Crippen LogP contribution in [0.2, 0.25) is 0 Å². The maximum atomic E-state index is 13.4. The second-order valence-electron chi connectivity index (χ2n) is 8.40. The molecule has 1 atom stereocenters. The van der Waals surface area contributed by atoms with Crippen LogP contribution in [-0.2, 0) is 33.2 Å². The van der Waals surface area contributed by atoms with Gasteiger partial charge in [-0.1, -0.05) is 30.4 Å². The molecule has 0 aliphatic heterocycles. The molecule has 1 amide bonds. The Balaban J connectivity index is 1.80. The molecule has 0 spiro atoms. The number of nitrogens with zero attached hydrogens (tertiary/aromatic N) is 3. The summed E-state index contributed by atoms with van der Waals surface area (Å²) in [5, 5.41) is 20.4. The molecule has 0 fully saturated rings. The summed E-state index contributed by atoms with van der Waals surface area (Å²) in [4.78, 5) is 12.5. The van der Waals surface area contributed by atoms with E-state index in [1.165, 1.54) is 25.3 Å². The average Bonchev–Trinajstić information content (AvgIpc) is 3.24. The van der Waals surface area contributed by atoms with Crippen LogP contribution in [0, 0.1) is 23.7 Å². The third kappa shape index (κ3) is 6.91. The fraction of sp³-hybridized carbons (Fsp3) is 0.333. The molecule has 38 heavy (non-hydrogen) atoms. The molecule has 7 nitrogen and oxygen atoms in total. The third-order valence-electron chi connectivity index (χ3n) is 5.36. The number of allylic oxidation sites excluding steroid dienone is 3. The van der Waals surface area contributed by atoms with Crippen LogP contribution in [0.25, 0.3) is 0 Å². The van der Waals surface area contributed by atoms with E-state index in [2.05, 4.69) is 15.5 Å². The lowest BCUT2D eigenvalue weighted by Gasteiger charge is -2.28. The summed E-state index contributed by atoms with van der Waals surface area (Å²) >= 11 is 1.13. The minimum atomic E-state index is -5.04. The Bertz CT molecular complexity index is 1350. The monoisotopic (exact) mass is 558 g/mol. The maximum absolute atomic E-state index is 13.4. The number of nitriles is 1. The second-order valence-corrected chi connectivity index (χ2v) is 9.58. The van der Waals surface area contributed by atoms with Crippen molar-refractivity contribution in [1.29, 1.82) is 5.26 Å². The van der Waals surface area contributed by atoms with Crippen LogP contribution >= 0.6 is 11.3 Å². The van der Waals surface area contributed by atoms with Gasteiger partial charge in [0.15, 0.2) is 11.5 Å². The molecule has 202 valence electrons. The number of alkyl halides is 6. The van der Waals surface area contributed by atoms with E-state index in [0.717, 1.165) is 17.4 Å². The summed E-state index contributed by atoms with van der Waals surface area (Å²) in [7, 11) is 1.29. The summed E-state index contributed by atoms with van der Waals surface area (Å²) in [5.74, 6) is -0.545. The van der Waals surface area contributed by atoms with E-state index in [1.54, 1.807) is 13.8 Å². The molecule has 1 aromatic carbocycles. The standard InChI is InChI=1S/C24H20F6N4O3S/c1-13-33-34-21(38-13)32-20(35)15(11-31)9-22(2)7-6-18(19(10-22)36-3)37-12-14-4-5-16(23(25,26)27)8-17(14)24(28,29)30/h4-6,8-10H,7,12H2,1-3H3,(H,32,34,35)/b15-9-. The van der Waals surface area contributed by atoms with Crippen molar-refractivity contribution < 1.29 is 40.6 Å². The second kappa shape index (κ2) is 10.9. The first kappa shape index (κ1) is 28.7. The summed E-state index contributed by atoms with van der Waals surface area (Å²) in [6, 6.07) is 3.14. The van der Waals surface area contributed by atoms with Crippen LogP contribution < -0.4 is 5.32 Å². The number of methoxy groups -OCH3 is 1. The average molecular weight is 559 g/mol. The molecular formula is C24H20F6N4O3S. The van der Waals surface area contributed by atoms with E-state index >= 15 is 0 Å². The van der Waals surface area contributed by atoms with Crippen LogP contribution in [0.15, 0.2) is 53.5 Å². The fourth-order valence-electron chi connectivity index (χ4n) is 3.52. The number of nitrogens with one attached hydrogen (secondary N) is 1. The van der Waals surface area contributed by atoms with Crippen molar-refractivity contribution in [3.05, 3.63) is 75.2 Å². The first-order chi connectivity index (χ1) is 17.6. The predicted molar refractivity (Wildman–Crippen MR) is 124 cm³/mol. The molecular weight excluding hydrogens is 538 g/mol. The zero-order valence-electron chi connectivity index (χ0n) is 20.1. The minimum Gasteiger partial charge on any atom is -0.493 e. The predicted octanol–water partition coefficient (Wildman–Crippen LogP) is 6.31. The van der Waals surface area contributed by atoms with Gasteiger partial charge >= 0.3 is 12.4 Å². The van der Waals surface area contributed by atoms with E-state index in [0.29, 0.717) is 11.1 Å². The number of halogens is 6. The quantitative estimate of drug-likeness (QED) is 0.243. The topological polar surface area (TPSA) is 97.1 Å². The molecule has 1 unspecified atom stereocenters. The fourth-order valence-corrected chi connectivity index (χ4v) is 4.11. The molecule has 1 aliphatic carbocycles. The molecule has 1 aromatic heterocycles. The van der Waals surface area contributed by atoms with E-state index in [9.17, 15) is 36.4 Å². The zero-order chi connectivity index (χ0) is 28.3. The molecule has 1 N–H and O–H groups in total. The first-order valence-corrected chi connectivity index (χ1v) is 11.6. The number of amides is 1. The molecule has 2 aromatic rings. The lowest BCUT2D eigenvalue weighted by Crippen LogP contribution is -2.20. The highest BCUT2D eigenvalue weighted by atomic mass is 32.1. The summed E-state index contributed by atoms with van der Waals surface area (Å²) < 4.78 is 89.9. The molecule has 1 heterocycles. The number of benzene rings is 1. The highest BCUT2D eigenvalue weighted by Crippen LogP contribution is 2.39. The van der Waals surface area contributed by atoms with Crippen molar-refractivity contribution >= 4 is 22.4 Å². The Hall–Kier alpha value is -3.86. The van der Waals surface area contributed by atoms with Gasteiger partial charge in [-0.2, -0.15) is 31.6 Å². The number of rotatable bonds is 7. The number of carbonyl (C=O) groups is 1. The van der Waals surface area contributed by atoms with Crippen molar-refractivity contribution in [2.45, 2.75) is 39.2 Å². The number of hydrogen-bond donors (Lipinski definition) is 1. The van der Waals surface area contributed by atoms with Gasteiger partial charge in [0.1, 0.15) is 23.3 Å². The van der Waals surface area contributed by atoms with Crippen LogP contribution in [0.1, 0.15) is 35.0 Å². The SMILES string of the molecule is COC1=CC(C)(/C=C(/C#N)C(=O)Nc2nnc(C)s2)CC=C1OCc1ccc(C(F)(F)F)cc1C(F)(F)F. The van der Waals surface area contributed by atoms with Crippen molar-refractivity contribution in [2.75, 3.05) is 12.4 Å². The number of aryl methyl sites for hydroxylation is 1. The van der Waals surface area contributed by atoms with Gasteiger partial charge in [-0.25, -0.2) is 0 Å². The van der Waals surface area contributed by atoms with E-state index in [1.807, 2.05) is 6.07 Å². The Morgan fingerprint density at radius 1 is 1.21 bits per heavy atom. The largest absolute Gasteiger partial charge is 0.493 e. The molecule has 0 saturated carbocycles. The van der Waals surface area contributed by atoms with Gasteiger partial charge < -0.3 is 9.47 Å². The van der Waals surface area contributed by atoms with Crippen molar-refractivity contribution in [3.63, 3.8) is 0 Å². The van der Waals surface area contributed by atoms with Gasteiger partial charge in [0.2, 0.25) is 5.13 Å². The first-order valence-electron chi connectivity index (χ1n) is 10.8. The summed E-state index contributed by atoms with van der Waals surface area (Å²) in [5.41, 5.74) is -4.52. The highest BCUT2D eigenvalue weighted by Gasteiger charge is 2.38. The molecule has 0 radical (unpaired) electrons. The van der Waals surface area contributed by atoms with E-state index < -0.39 is 47.0 Å². The van der Waals surface area contributed by atoms with Crippen molar-refractivity contribution in [2.24, 2.45) is 5.41 Å². The Morgan fingerprint density at radius 2 is 1.92 bits per heavy atom.